The standard InChI is InChI=1S/C20H22N3O4P/c1-25-15-9-16(26-2)11-17(10-15)27-18-12-20(23-21-13-18)22-14-5-7-19(8-6-14)28(3,4)24/h5-13H,1-4H3,(H,22,23). The molecule has 0 bridgehead atoms. The first-order valence-electron chi connectivity index (χ1n) is 8.53. The van der Waals surface area contributed by atoms with Crippen molar-refractivity contribution in [1.29, 1.82) is 0 Å². The molecule has 1 heterocycles. The van der Waals surface area contributed by atoms with Gasteiger partial charge in [-0.3, -0.25) is 0 Å². The molecule has 1 N–H and O–H groups in total. The van der Waals surface area contributed by atoms with E-state index in [1.807, 2.05) is 24.3 Å². The second kappa shape index (κ2) is 8.31. The third-order valence-electron chi connectivity index (χ3n) is 3.95. The number of ether oxygens (including phenoxy) is 3. The van der Waals surface area contributed by atoms with Crippen LogP contribution in [0, 0.1) is 0 Å². The lowest BCUT2D eigenvalue weighted by atomic mass is 10.3. The zero-order valence-corrected chi connectivity index (χ0v) is 17.1. The average molecular weight is 399 g/mol. The van der Waals surface area contributed by atoms with E-state index in [0.717, 1.165) is 11.0 Å². The van der Waals surface area contributed by atoms with E-state index < -0.39 is 7.14 Å². The Morgan fingerprint density at radius 2 is 1.46 bits per heavy atom. The first-order chi connectivity index (χ1) is 13.4. The minimum atomic E-state index is -2.28. The third-order valence-corrected chi connectivity index (χ3v) is 5.49. The first kappa shape index (κ1) is 19.7. The van der Waals surface area contributed by atoms with Crippen LogP contribution in [0.25, 0.3) is 0 Å². The summed E-state index contributed by atoms with van der Waals surface area (Å²) in [6, 6.07) is 14.4. The van der Waals surface area contributed by atoms with E-state index in [4.69, 9.17) is 14.2 Å². The fourth-order valence-corrected chi connectivity index (χ4v) is 3.36. The summed E-state index contributed by atoms with van der Waals surface area (Å²) in [6.07, 6.45) is 1.52. The predicted octanol–water partition coefficient (Wildman–Crippen LogP) is 4.28. The van der Waals surface area contributed by atoms with Gasteiger partial charge in [-0.15, -0.1) is 5.10 Å². The van der Waals surface area contributed by atoms with E-state index in [9.17, 15) is 4.57 Å². The molecule has 0 aliphatic carbocycles. The van der Waals surface area contributed by atoms with Gasteiger partial charge in [0.25, 0.3) is 0 Å². The molecule has 2 aromatic carbocycles. The molecule has 0 aliphatic heterocycles. The van der Waals surface area contributed by atoms with Crippen LogP contribution in [0.5, 0.6) is 23.0 Å². The second-order valence-corrected chi connectivity index (χ2v) is 9.67. The zero-order valence-electron chi connectivity index (χ0n) is 16.2. The minimum absolute atomic E-state index is 0.510. The van der Waals surface area contributed by atoms with Crippen molar-refractivity contribution < 1.29 is 18.8 Å². The number of nitrogens with zero attached hydrogens (tertiary/aromatic N) is 2. The zero-order chi connectivity index (χ0) is 20.1. The molecule has 3 rings (SSSR count). The van der Waals surface area contributed by atoms with Crippen LogP contribution in [0.4, 0.5) is 11.5 Å². The Bertz CT molecular complexity index is 980. The van der Waals surface area contributed by atoms with Crippen LogP contribution in [0.3, 0.4) is 0 Å². The van der Waals surface area contributed by atoms with Crippen molar-refractivity contribution in [1.82, 2.24) is 10.2 Å². The van der Waals surface area contributed by atoms with Crippen molar-refractivity contribution in [3.05, 3.63) is 54.7 Å². The van der Waals surface area contributed by atoms with Crippen LogP contribution in [0.1, 0.15) is 0 Å². The molecule has 0 spiro atoms. The number of methoxy groups -OCH3 is 2. The topological polar surface area (TPSA) is 82.6 Å². The van der Waals surface area contributed by atoms with E-state index >= 15 is 0 Å². The molecule has 0 saturated heterocycles. The van der Waals surface area contributed by atoms with Gasteiger partial charge in [0.2, 0.25) is 0 Å². The minimum Gasteiger partial charge on any atom is -0.496 e. The van der Waals surface area contributed by atoms with Gasteiger partial charge in [-0.1, -0.05) is 0 Å². The molecule has 3 aromatic rings. The normalized spacial score (nSPS) is 11.0. The summed E-state index contributed by atoms with van der Waals surface area (Å²) in [7, 11) is 0.881. The highest BCUT2D eigenvalue weighted by Gasteiger charge is 2.11. The van der Waals surface area contributed by atoms with Crippen molar-refractivity contribution in [2.75, 3.05) is 32.9 Å². The highest BCUT2D eigenvalue weighted by atomic mass is 31.2. The van der Waals surface area contributed by atoms with Gasteiger partial charge in [0.1, 0.15) is 24.4 Å². The number of hydrogen-bond acceptors (Lipinski definition) is 7. The SMILES string of the molecule is COc1cc(OC)cc(Oc2cnnc(Nc3ccc(P(C)(C)=O)cc3)c2)c1. The molecule has 1 aromatic heterocycles. The third kappa shape index (κ3) is 5.02. The van der Waals surface area contributed by atoms with Gasteiger partial charge in [0.05, 0.1) is 20.4 Å². The summed E-state index contributed by atoms with van der Waals surface area (Å²) < 4.78 is 28.5. The smallest absolute Gasteiger partial charge is 0.156 e. The fraction of sp³-hybridized carbons (Fsp3) is 0.200. The Kier molecular flexibility index (Phi) is 5.85. The number of benzene rings is 2. The van der Waals surface area contributed by atoms with E-state index in [-0.39, 0.29) is 0 Å². The molecular formula is C20H22N3O4P. The molecule has 7 nitrogen and oxygen atoms in total. The number of aromatic nitrogens is 2. The number of nitrogens with one attached hydrogen (secondary N) is 1. The lowest BCUT2D eigenvalue weighted by molar-refractivity contribution is 0.386. The lowest BCUT2D eigenvalue weighted by Gasteiger charge is -2.11. The second-order valence-electron chi connectivity index (χ2n) is 6.45. The average Bonchev–Trinajstić information content (AvgIpc) is 2.67. The summed E-state index contributed by atoms with van der Waals surface area (Å²) in [6.45, 7) is 3.49. The number of rotatable bonds is 7. The summed E-state index contributed by atoms with van der Waals surface area (Å²) in [5.41, 5.74) is 0.812. The Morgan fingerprint density at radius 3 is 2.04 bits per heavy atom. The molecule has 0 radical (unpaired) electrons. The summed E-state index contributed by atoms with van der Waals surface area (Å²) in [5, 5.41) is 12.0. The molecule has 8 heteroatoms. The van der Waals surface area contributed by atoms with Crippen LogP contribution in [-0.2, 0) is 4.57 Å². The van der Waals surface area contributed by atoms with Crippen molar-refractivity contribution >= 4 is 24.0 Å². The highest BCUT2D eigenvalue weighted by molar-refractivity contribution is 7.70. The van der Waals surface area contributed by atoms with Crippen LogP contribution >= 0.6 is 7.14 Å². The van der Waals surface area contributed by atoms with Gasteiger partial charge in [-0.05, 0) is 37.6 Å². The van der Waals surface area contributed by atoms with Crippen molar-refractivity contribution in [2.45, 2.75) is 0 Å². The lowest BCUT2D eigenvalue weighted by Crippen LogP contribution is -2.03. The number of anilines is 2. The molecule has 0 aliphatic rings. The molecule has 28 heavy (non-hydrogen) atoms. The summed E-state index contributed by atoms with van der Waals surface area (Å²) in [4.78, 5) is 0. The van der Waals surface area contributed by atoms with Gasteiger partial charge < -0.3 is 24.1 Å². The largest absolute Gasteiger partial charge is 0.496 e. The predicted molar refractivity (Wildman–Crippen MR) is 110 cm³/mol. The van der Waals surface area contributed by atoms with Crippen LogP contribution in [0.2, 0.25) is 0 Å². The highest BCUT2D eigenvalue weighted by Crippen LogP contribution is 2.35. The van der Waals surface area contributed by atoms with Gasteiger partial charge in [0.15, 0.2) is 11.6 Å². The Hall–Kier alpha value is -3.05. The van der Waals surface area contributed by atoms with Crippen molar-refractivity contribution in [3.63, 3.8) is 0 Å². The van der Waals surface area contributed by atoms with Gasteiger partial charge in [-0.2, -0.15) is 5.10 Å². The van der Waals surface area contributed by atoms with E-state index in [2.05, 4.69) is 15.5 Å². The summed E-state index contributed by atoms with van der Waals surface area (Å²) >= 11 is 0. The Balaban J connectivity index is 1.76. The molecule has 0 atom stereocenters. The maximum absolute atomic E-state index is 12.1. The fourth-order valence-electron chi connectivity index (χ4n) is 2.49. The Morgan fingerprint density at radius 1 is 0.857 bits per heavy atom. The quantitative estimate of drug-likeness (QED) is 0.594. The molecule has 0 saturated carbocycles. The summed E-state index contributed by atoms with van der Waals surface area (Å²) in [5.74, 6) is 2.84. The van der Waals surface area contributed by atoms with E-state index in [0.29, 0.717) is 28.8 Å². The molecule has 0 fully saturated rings. The number of hydrogen-bond donors (Lipinski definition) is 1. The molecular weight excluding hydrogens is 377 g/mol. The van der Waals surface area contributed by atoms with Crippen LogP contribution in [-0.4, -0.2) is 37.7 Å². The van der Waals surface area contributed by atoms with Gasteiger partial charge in [0, 0.05) is 35.3 Å². The Labute approximate surface area is 164 Å². The van der Waals surface area contributed by atoms with Crippen LogP contribution in [0.15, 0.2) is 54.7 Å². The maximum Gasteiger partial charge on any atom is 0.156 e. The van der Waals surface area contributed by atoms with Gasteiger partial charge >= 0.3 is 0 Å². The first-order valence-corrected chi connectivity index (χ1v) is 11.1. The monoisotopic (exact) mass is 399 g/mol. The molecule has 0 amide bonds. The molecule has 146 valence electrons. The van der Waals surface area contributed by atoms with E-state index in [1.165, 1.54) is 6.20 Å². The van der Waals surface area contributed by atoms with Gasteiger partial charge in [-0.25, -0.2) is 0 Å². The molecule has 0 unspecified atom stereocenters. The van der Waals surface area contributed by atoms with Crippen LogP contribution < -0.4 is 24.8 Å². The van der Waals surface area contributed by atoms with E-state index in [1.54, 1.807) is 51.8 Å². The van der Waals surface area contributed by atoms with Crippen molar-refractivity contribution in [2.24, 2.45) is 0 Å². The maximum atomic E-state index is 12.1. The van der Waals surface area contributed by atoms with Crippen molar-refractivity contribution in [3.8, 4) is 23.0 Å².